The van der Waals surface area contributed by atoms with Crippen molar-refractivity contribution in [2.75, 3.05) is 35.6 Å². The van der Waals surface area contributed by atoms with Crippen LogP contribution in [-0.4, -0.2) is 68.6 Å². The highest BCUT2D eigenvalue weighted by atomic mass is 16.6. The summed E-state index contributed by atoms with van der Waals surface area (Å²) in [7, 11) is 0. The first-order valence-electron chi connectivity index (χ1n) is 14.3. The molecule has 228 valence electrons. The Labute approximate surface area is 247 Å². The molecule has 3 N–H and O–H groups in total. The lowest BCUT2D eigenvalue weighted by molar-refractivity contribution is 0.0206. The summed E-state index contributed by atoms with van der Waals surface area (Å²) in [6.07, 6.45) is 2.34. The number of nitrogen functional groups attached to an aromatic ring is 1. The Kier molecular flexibility index (Phi) is 8.74. The topological polar surface area (TPSA) is 137 Å². The van der Waals surface area contributed by atoms with E-state index in [1.165, 1.54) is 4.90 Å². The molecule has 2 amide bonds. The van der Waals surface area contributed by atoms with E-state index in [1.54, 1.807) is 39.9 Å². The zero-order chi connectivity index (χ0) is 30.8. The highest BCUT2D eigenvalue weighted by molar-refractivity contribution is 5.97. The fourth-order valence-electron chi connectivity index (χ4n) is 4.77. The molecule has 1 unspecified atom stereocenters. The molecule has 3 heterocycles. The van der Waals surface area contributed by atoms with Gasteiger partial charge in [0, 0.05) is 30.8 Å². The number of piperidine rings is 1. The van der Waals surface area contributed by atoms with Crippen LogP contribution in [0.25, 0.3) is 5.65 Å². The average Bonchev–Trinajstić information content (AvgIpc) is 3.34. The van der Waals surface area contributed by atoms with Crippen molar-refractivity contribution in [2.24, 2.45) is 0 Å². The van der Waals surface area contributed by atoms with Crippen LogP contribution < -0.4 is 20.7 Å². The Bertz CT molecular complexity index is 1440. The van der Waals surface area contributed by atoms with Gasteiger partial charge in [-0.25, -0.2) is 19.5 Å². The lowest BCUT2D eigenvalue weighted by Gasteiger charge is -2.35. The van der Waals surface area contributed by atoms with Crippen molar-refractivity contribution in [3.63, 3.8) is 0 Å². The number of hydrogen-bond acceptors (Lipinski definition) is 9. The van der Waals surface area contributed by atoms with E-state index in [0.29, 0.717) is 59.7 Å². The number of rotatable bonds is 6. The molecular formula is C30H43N7O5. The molecule has 1 aliphatic heterocycles. The van der Waals surface area contributed by atoms with Crippen LogP contribution in [0.15, 0.2) is 30.5 Å². The Morgan fingerprint density at radius 2 is 1.83 bits per heavy atom. The first-order chi connectivity index (χ1) is 19.7. The van der Waals surface area contributed by atoms with Crippen LogP contribution >= 0.6 is 0 Å². The standard InChI is InChI=1S/C30H43N7O5/c1-9-40-23-13-12-21(17-22(23)31)36(28(39)42-30(6,7)8)26-19(2)25(34-24-14-15-32-37(24)26)33-20-11-10-16-35(18-20)27(38)41-29(3,4)5/h12-15,17,20H,9-11,16,18,31H2,1-8H3,(H,33,34). The van der Waals surface area contributed by atoms with Gasteiger partial charge in [-0.3, -0.25) is 0 Å². The predicted molar refractivity (Wildman–Crippen MR) is 163 cm³/mol. The second-order valence-electron chi connectivity index (χ2n) is 12.4. The number of nitrogens with zero attached hydrogens (tertiary/aromatic N) is 5. The van der Waals surface area contributed by atoms with Crippen molar-refractivity contribution in [3.8, 4) is 5.75 Å². The number of aromatic nitrogens is 3. The maximum absolute atomic E-state index is 13.8. The summed E-state index contributed by atoms with van der Waals surface area (Å²) in [6, 6.07) is 6.85. The number of nitrogens with one attached hydrogen (secondary N) is 1. The number of nitrogens with two attached hydrogens (primary N) is 1. The Morgan fingerprint density at radius 3 is 2.48 bits per heavy atom. The fraction of sp³-hybridized carbons (Fsp3) is 0.533. The van der Waals surface area contributed by atoms with Gasteiger partial charge in [-0.15, -0.1) is 0 Å². The Hall–Kier alpha value is -4.22. The summed E-state index contributed by atoms with van der Waals surface area (Å²) in [5, 5.41) is 8.01. The van der Waals surface area contributed by atoms with Crippen LogP contribution in [0.5, 0.6) is 5.75 Å². The molecule has 0 bridgehead atoms. The maximum atomic E-state index is 13.8. The Balaban J connectivity index is 1.75. The normalized spacial score (nSPS) is 15.8. The molecular weight excluding hydrogens is 538 g/mol. The molecule has 1 aromatic carbocycles. The minimum atomic E-state index is -0.759. The molecule has 0 aliphatic carbocycles. The lowest BCUT2D eigenvalue weighted by atomic mass is 10.1. The van der Waals surface area contributed by atoms with Crippen LogP contribution in [0.2, 0.25) is 0 Å². The number of anilines is 4. The summed E-state index contributed by atoms with van der Waals surface area (Å²) in [4.78, 5) is 34.6. The number of likely N-dealkylation sites (tertiary alicyclic amines) is 1. The van der Waals surface area contributed by atoms with Crippen molar-refractivity contribution in [1.82, 2.24) is 19.5 Å². The summed E-state index contributed by atoms with van der Waals surface area (Å²) in [6.45, 7) is 16.3. The molecule has 0 saturated carbocycles. The van der Waals surface area contributed by atoms with Gasteiger partial charge in [0.1, 0.15) is 22.8 Å². The summed E-state index contributed by atoms with van der Waals surface area (Å²) in [5.41, 5.74) is 7.05. The van der Waals surface area contributed by atoms with E-state index in [2.05, 4.69) is 10.4 Å². The second kappa shape index (κ2) is 11.9. The van der Waals surface area contributed by atoms with E-state index in [9.17, 15) is 9.59 Å². The number of fused-ring (bicyclic) bond motifs is 1. The number of amides is 2. The number of carbonyl (C=O) groups excluding carboxylic acids is 2. The minimum absolute atomic E-state index is 0.0770. The van der Waals surface area contributed by atoms with E-state index in [4.69, 9.17) is 24.9 Å². The van der Waals surface area contributed by atoms with Gasteiger partial charge in [0.15, 0.2) is 11.5 Å². The molecule has 4 rings (SSSR count). The molecule has 1 atom stereocenters. The average molecular weight is 582 g/mol. The van der Waals surface area contributed by atoms with Crippen LogP contribution in [-0.2, 0) is 9.47 Å². The van der Waals surface area contributed by atoms with Crippen molar-refractivity contribution >= 4 is 40.8 Å². The lowest BCUT2D eigenvalue weighted by Crippen LogP contribution is -2.47. The SMILES string of the molecule is CCOc1ccc(N(C(=O)OC(C)(C)C)c2c(C)c(NC3CCCN(C(=O)OC(C)(C)C)C3)nc3ccnn23)cc1N. The third-order valence-electron chi connectivity index (χ3n) is 6.49. The monoisotopic (exact) mass is 581 g/mol. The van der Waals surface area contributed by atoms with Crippen molar-refractivity contribution in [2.45, 2.75) is 85.5 Å². The van der Waals surface area contributed by atoms with Gasteiger partial charge in [0.05, 0.1) is 24.2 Å². The van der Waals surface area contributed by atoms with E-state index in [0.717, 1.165) is 12.8 Å². The summed E-state index contributed by atoms with van der Waals surface area (Å²) >= 11 is 0. The third-order valence-corrected chi connectivity index (χ3v) is 6.49. The quantitative estimate of drug-likeness (QED) is 0.341. The zero-order valence-electron chi connectivity index (χ0n) is 25.9. The van der Waals surface area contributed by atoms with E-state index < -0.39 is 17.3 Å². The van der Waals surface area contributed by atoms with Gasteiger partial charge < -0.3 is 30.2 Å². The second-order valence-corrected chi connectivity index (χ2v) is 12.4. The van der Waals surface area contributed by atoms with Gasteiger partial charge in [0.2, 0.25) is 0 Å². The molecule has 2 aromatic heterocycles. The number of hydrogen-bond donors (Lipinski definition) is 2. The number of carbonyl (C=O) groups is 2. The van der Waals surface area contributed by atoms with Crippen molar-refractivity contribution in [3.05, 3.63) is 36.0 Å². The molecule has 12 heteroatoms. The molecule has 42 heavy (non-hydrogen) atoms. The highest BCUT2D eigenvalue weighted by Gasteiger charge is 2.32. The molecule has 1 fully saturated rings. The van der Waals surface area contributed by atoms with Gasteiger partial charge in [-0.05, 0) is 86.4 Å². The minimum Gasteiger partial charge on any atom is -0.492 e. The smallest absolute Gasteiger partial charge is 0.420 e. The molecule has 1 aliphatic rings. The largest absolute Gasteiger partial charge is 0.492 e. The van der Waals surface area contributed by atoms with Gasteiger partial charge in [0.25, 0.3) is 0 Å². The summed E-state index contributed by atoms with van der Waals surface area (Å²) in [5.74, 6) is 1.54. The van der Waals surface area contributed by atoms with Crippen LogP contribution in [0, 0.1) is 6.92 Å². The van der Waals surface area contributed by atoms with E-state index in [-0.39, 0.29) is 12.1 Å². The number of benzene rings is 1. The Morgan fingerprint density at radius 1 is 1.12 bits per heavy atom. The first kappa shape index (κ1) is 30.7. The number of ether oxygens (including phenoxy) is 3. The summed E-state index contributed by atoms with van der Waals surface area (Å²) < 4.78 is 18.7. The van der Waals surface area contributed by atoms with Gasteiger partial charge >= 0.3 is 12.2 Å². The molecule has 1 saturated heterocycles. The third kappa shape index (κ3) is 7.15. The van der Waals surface area contributed by atoms with Crippen molar-refractivity contribution < 1.29 is 23.8 Å². The van der Waals surface area contributed by atoms with Crippen LogP contribution in [0.3, 0.4) is 0 Å². The molecule has 3 aromatic rings. The predicted octanol–water partition coefficient (Wildman–Crippen LogP) is 5.90. The van der Waals surface area contributed by atoms with Gasteiger partial charge in [-0.2, -0.15) is 9.61 Å². The van der Waals surface area contributed by atoms with Crippen molar-refractivity contribution in [1.29, 1.82) is 0 Å². The molecule has 12 nitrogen and oxygen atoms in total. The van der Waals surface area contributed by atoms with Gasteiger partial charge in [-0.1, -0.05) is 0 Å². The van der Waals surface area contributed by atoms with E-state index in [1.807, 2.05) is 55.4 Å². The first-order valence-corrected chi connectivity index (χ1v) is 14.3. The molecule has 0 spiro atoms. The zero-order valence-corrected chi connectivity index (χ0v) is 25.9. The maximum Gasteiger partial charge on any atom is 0.420 e. The highest BCUT2D eigenvalue weighted by Crippen LogP contribution is 2.37. The molecule has 0 radical (unpaired) electrons. The van der Waals surface area contributed by atoms with E-state index >= 15 is 0 Å². The van der Waals surface area contributed by atoms with Crippen LogP contribution in [0.4, 0.5) is 32.6 Å². The van der Waals surface area contributed by atoms with Crippen LogP contribution in [0.1, 0.15) is 66.9 Å². The fourth-order valence-corrected chi connectivity index (χ4v) is 4.77.